The van der Waals surface area contributed by atoms with E-state index in [1.165, 1.54) is 43.4 Å². The largest absolute Gasteiger partial charge is 0.507 e. The van der Waals surface area contributed by atoms with E-state index in [4.69, 9.17) is 43.2 Å². The molecule has 0 aliphatic rings. The van der Waals surface area contributed by atoms with Gasteiger partial charge in [0.25, 0.3) is 0 Å². The molecule has 0 unspecified atom stereocenters. The number of hydrogen-bond acceptors (Lipinski definition) is 12. The van der Waals surface area contributed by atoms with Crippen molar-refractivity contribution in [2.24, 2.45) is 15.0 Å². The Kier molecular flexibility index (Phi) is 30.0. The van der Waals surface area contributed by atoms with E-state index in [1.54, 1.807) is 36.8 Å². The molecular weight excluding hydrogens is 2350 g/mol. The molecule has 15 heteroatoms. The van der Waals surface area contributed by atoms with Crippen LogP contribution in [0.3, 0.4) is 0 Å². The van der Waals surface area contributed by atoms with Gasteiger partial charge in [0.2, 0.25) is 17.7 Å². The van der Waals surface area contributed by atoms with Gasteiger partial charge in [-0.3, -0.25) is 15.0 Å². The van der Waals surface area contributed by atoms with Crippen molar-refractivity contribution in [1.29, 1.82) is 0 Å². The van der Waals surface area contributed by atoms with Crippen LogP contribution in [0.5, 0.6) is 17.2 Å². The van der Waals surface area contributed by atoms with Gasteiger partial charge in [0.1, 0.15) is 34.0 Å². The maximum absolute atomic E-state index is 10.6. The number of aliphatic imine (C=N–C) groups is 3. The molecule has 23 aromatic rings. The summed E-state index contributed by atoms with van der Waals surface area (Å²) >= 11 is 0. The second-order valence-corrected chi connectivity index (χ2v) is 39.1. The molecule has 0 fully saturated rings. The molecule has 3 N–H and O–H groups in total. The topological polar surface area (TPSA) is 176 Å². The quantitative estimate of drug-likeness (QED) is 0.0455. The maximum atomic E-state index is 10.6. The minimum Gasteiger partial charge on any atom is -0.507 e. The molecule has 0 aliphatic carbocycles. The first-order chi connectivity index (χ1) is 70.0. The van der Waals surface area contributed by atoms with Crippen LogP contribution in [-0.4, -0.2) is 48.9 Å². The van der Waals surface area contributed by atoms with Gasteiger partial charge in [-0.1, -0.05) is 316 Å². The molecule has 0 spiro atoms. The molecule has 0 amide bonds. The van der Waals surface area contributed by atoms with E-state index in [2.05, 4.69) is 293 Å². The van der Waals surface area contributed by atoms with E-state index in [9.17, 15) is 15.3 Å². The number of oxazole rings is 3. The van der Waals surface area contributed by atoms with Crippen molar-refractivity contribution in [2.75, 3.05) is 0 Å². The van der Waals surface area contributed by atoms with E-state index < -0.39 is 0 Å². The molecule has 0 saturated carbocycles. The molecule has 3 heterocycles. The van der Waals surface area contributed by atoms with Crippen LogP contribution < -0.4 is 0 Å². The van der Waals surface area contributed by atoms with Crippen LogP contribution in [0.2, 0.25) is 0 Å². The van der Waals surface area contributed by atoms with Crippen molar-refractivity contribution in [3.05, 3.63) is 464 Å². The molecule has 12 nitrogen and oxygen atoms in total. The van der Waals surface area contributed by atoms with E-state index in [0.717, 1.165) is 128 Å². The van der Waals surface area contributed by atoms with Crippen LogP contribution in [0, 0.1) is 18.2 Å². The van der Waals surface area contributed by atoms with Crippen LogP contribution in [0.25, 0.3) is 189 Å². The smallest absolute Gasteiger partial charge is 0.228 e. The van der Waals surface area contributed by atoms with Gasteiger partial charge in [-0.25, -0.2) is 15.0 Å². The first-order valence-electron chi connectivity index (χ1n) is 48.3. The Morgan fingerprint density at radius 2 is 0.565 bits per heavy atom. The van der Waals surface area contributed by atoms with Gasteiger partial charge >= 0.3 is 0 Å². The molecule has 728 valence electrons. The number of rotatable bonds is 17. The number of nitrogens with zero attached hydrogens (tertiary/aromatic N) is 6. The Bertz CT molecular complexity index is 8850. The van der Waals surface area contributed by atoms with E-state index in [1.807, 2.05) is 182 Å². The standard InChI is InChI=1S/C50H37N2O2.C42H33N2O2.C40H31N2O2.3Pt/c1-50(2,3)38-25-26-46(53)37(27-38)31-51-45-20-12-11-19-42(45)49-52-48-44(33-13-5-4-6-14-33)29-36(30-47(48)54-49)32-21-23-34(24-22-32)43-28-35-15-7-8-16-39(35)40-17-9-10-18-41(40)43;1-42(2,3)34-21-22-38(45)33(24-34)27-43-37-20-11-10-19-35(37)41-44-40-36(29-15-8-5-9-16-29)25-32(26-39(40)46-41)31-18-12-17-30(23-31)28-13-6-4-7-14-28;1-40(2,3)30-20-21-36(43)29(22-30)25-41-35-19-10-9-17-33(35)39-42-38-34(27-12-5-4-6-13-27)23-28(24-37(38)44-39)32-18-11-15-26-14-7-8-16-31(26)32;;;/h4-13,15-31,53H,1-3H3;4-15,17-27,45H,1-3H3;4-12,14-25,43H,1-3H3;;;/q3*-1;;;. The van der Waals surface area contributed by atoms with Gasteiger partial charge in [-0.2, -0.15) is 0 Å². The van der Waals surface area contributed by atoms with Crippen molar-refractivity contribution in [3.8, 4) is 141 Å². The number of phenols is 3. The third-order valence-corrected chi connectivity index (χ3v) is 26.3. The number of aromatic hydroxyl groups is 3. The van der Waals surface area contributed by atoms with E-state index in [0.29, 0.717) is 68.2 Å². The first-order valence-corrected chi connectivity index (χ1v) is 48.3. The maximum Gasteiger partial charge on any atom is 0.228 e. The fourth-order valence-electron chi connectivity index (χ4n) is 18.4. The van der Waals surface area contributed by atoms with Crippen LogP contribution in [0.4, 0.5) is 17.1 Å². The molecule has 0 aliphatic heterocycles. The van der Waals surface area contributed by atoms with Crippen molar-refractivity contribution in [2.45, 2.75) is 78.6 Å². The van der Waals surface area contributed by atoms with Crippen LogP contribution in [0.15, 0.2) is 441 Å². The van der Waals surface area contributed by atoms with E-state index in [-0.39, 0.29) is 96.7 Å². The number of para-hydroxylation sites is 3. The zero-order valence-corrected chi connectivity index (χ0v) is 89.0. The average Bonchev–Trinajstić information content (AvgIpc) is 1.76. The predicted octanol–water partition coefficient (Wildman–Crippen LogP) is 34.9. The molecule has 20 aromatic carbocycles. The average molecular weight is 2450 g/mol. The van der Waals surface area contributed by atoms with Crippen molar-refractivity contribution in [3.63, 3.8) is 0 Å². The Labute approximate surface area is 898 Å². The zero-order chi connectivity index (χ0) is 98.7. The Hall–Kier alpha value is -15.9. The SMILES string of the molecule is CC(C)(C)c1ccc(O)c(C=Nc2ccccc2-c2nc3c(-c4[c-]cccc4)cc(-c4ccc(-c5cc6ccccc6c6ccccc56)cc4)cc3o2)c1.CC(C)(C)c1ccc(O)c(C=Nc2ccccc2-c2nc3c(-c4[c-]cccc4)cc(-c4cccc(-c5ccccc5)c4)cc3o2)c1.CC(C)(C)c1ccc(O)c(C=Nc2ccccc2-c2nc3c(-c4[c-]cccc4)cc(-c4cccc5ccccc45)cc3o2)c1.[Pt].[Pt].[Pt]. The molecule has 0 atom stereocenters. The fraction of sp³-hybridized carbons (Fsp3) is 0.0909. The fourth-order valence-corrected chi connectivity index (χ4v) is 18.4. The monoisotopic (exact) mass is 2450 g/mol. The number of aromatic nitrogens is 3. The van der Waals surface area contributed by atoms with Gasteiger partial charge in [-0.05, 0) is 224 Å². The number of phenolic OH excluding ortho intramolecular Hbond substituents is 3. The molecule has 147 heavy (non-hydrogen) atoms. The number of hydrogen-bond donors (Lipinski definition) is 3. The van der Waals surface area contributed by atoms with Gasteiger partial charge < -0.3 is 28.6 Å². The Balaban J connectivity index is 0.000000144. The minimum atomic E-state index is -0.0622. The number of fused-ring (bicyclic) bond motifs is 7. The summed E-state index contributed by atoms with van der Waals surface area (Å²) in [5.74, 6) is 1.98. The molecule has 23 rings (SSSR count). The minimum absolute atomic E-state index is 0. The zero-order valence-electron chi connectivity index (χ0n) is 82.2. The predicted molar refractivity (Wildman–Crippen MR) is 593 cm³/mol. The van der Waals surface area contributed by atoms with Gasteiger partial charge in [0.05, 0.1) is 50.3 Å². The second-order valence-electron chi connectivity index (χ2n) is 39.1. The summed E-state index contributed by atoms with van der Waals surface area (Å²) in [7, 11) is 0. The molecule has 0 radical (unpaired) electrons. The summed E-state index contributed by atoms with van der Waals surface area (Å²) < 4.78 is 19.6. The summed E-state index contributed by atoms with van der Waals surface area (Å²) in [4.78, 5) is 29.6. The summed E-state index contributed by atoms with van der Waals surface area (Å²) in [6.07, 6.45) is 5.11. The normalized spacial score (nSPS) is 11.7. The van der Waals surface area contributed by atoms with Crippen molar-refractivity contribution in [1.82, 2.24) is 15.0 Å². The van der Waals surface area contributed by atoms with E-state index >= 15 is 0 Å². The summed E-state index contributed by atoms with van der Waals surface area (Å²) in [5, 5.41) is 39.1. The summed E-state index contributed by atoms with van der Waals surface area (Å²) in [5.41, 5.74) is 30.6. The second kappa shape index (κ2) is 43.5. The van der Waals surface area contributed by atoms with Crippen LogP contribution >= 0.6 is 0 Å². The van der Waals surface area contributed by atoms with Crippen LogP contribution in [-0.2, 0) is 79.4 Å². The van der Waals surface area contributed by atoms with Gasteiger partial charge in [-0.15, -0.1) is 108 Å². The van der Waals surface area contributed by atoms with Crippen molar-refractivity contribution >= 4 is 101 Å². The van der Waals surface area contributed by atoms with Crippen LogP contribution in [0.1, 0.15) is 95.7 Å². The molecule has 0 bridgehead atoms. The third kappa shape index (κ3) is 21.9. The molecule has 3 aromatic heterocycles. The molecular formula is C132H101N6O6Pt3-3. The Morgan fingerprint density at radius 3 is 1.00 bits per heavy atom. The summed E-state index contributed by atoms with van der Waals surface area (Å²) in [6, 6.07) is 149. The Morgan fingerprint density at radius 1 is 0.238 bits per heavy atom. The third-order valence-electron chi connectivity index (χ3n) is 26.3. The number of benzene rings is 20. The van der Waals surface area contributed by atoms with Gasteiger partial charge in [0.15, 0.2) is 0 Å². The van der Waals surface area contributed by atoms with Crippen molar-refractivity contribution < 1.29 is 91.8 Å². The molecule has 0 saturated heterocycles. The summed E-state index contributed by atoms with van der Waals surface area (Å²) in [6.45, 7) is 19.3. The first kappa shape index (κ1) is 101. The van der Waals surface area contributed by atoms with Gasteiger partial charge in [0, 0.05) is 98.5 Å².